The van der Waals surface area contributed by atoms with Crippen LogP contribution in [0.25, 0.3) is 16.7 Å². The van der Waals surface area contributed by atoms with Crippen molar-refractivity contribution in [1.29, 1.82) is 0 Å². The minimum Gasteiger partial charge on any atom is -0.349 e. The number of aromatic amines is 1. The number of imidazole rings is 1. The molecule has 0 aliphatic carbocycles. The highest BCUT2D eigenvalue weighted by Crippen LogP contribution is 2.12. The van der Waals surface area contributed by atoms with E-state index in [4.69, 9.17) is 0 Å². The molecule has 7 nitrogen and oxygen atoms in total. The molecule has 2 aromatic carbocycles. The summed E-state index contributed by atoms with van der Waals surface area (Å²) in [6.07, 6.45) is 1.47. The lowest BCUT2D eigenvalue weighted by Gasteiger charge is -2.02. The molecule has 8 heteroatoms. The molecule has 0 aliphatic heterocycles. The minimum atomic E-state index is -0.339. The van der Waals surface area contributed by atoms with E-state index in [0.29, 0.717) is 18.1 Å². The highest BCUT2D eigenvalue weighted by molar-refractivity contribution is 5.90. The Bertz CT molecular complexity index is 1080. The molecular formula is C20H19FN6O. The molecule has 142 valence electrons. The number of hydrogen-bond acceptors (Lipinski definition) is 4. The van der Waals surface area contributed by atoms with E-state index >= 15 is 0 Å². The van der Waals surface area contributed by atoms with Crippen molar-refractivity contribution < 1.29 is 9.18 Å². The fourth-order valence-electron chi connectivity index (χ4n) is 2.97. The van der Waals surface area contributed by atoms with Crippen LogP contribution >= 0.6 is 0 Å². The number of hydrogen-bond donors (Lipinski definition) is 2. The average molecular weight is 378 g/mol. The minimum absolute atomic E-state index is 0.0885. The molecule has 0 aliphatic rings. The van der Waals surface area contributed by atoms with Crippen LogP contribution in [0.2, 0.25) is 0 Å². The highest BCUT2D eigenvalue weighted by Gasteiger charge is 2.15. The maximum absolute atomic E-state index is 13.1. The number of halogens is 1. The number of rotatable bonds is 6. The first-order valence-corrected chi connectivity index (χ1v) is 9.01. The largest absolute Gasteiger partial charge is 0.349 e. The van der Waals surface area contributed by atoms with Gasteiger partial charge in [-0.05, 0) is 49.7 Å². The molecule has 0 saturated carbocycles. The topological polar surface area (TPSA) is 88.5 Å². The van der Waals surface area contributed by atoms with Crippen LogP contribution in [0, 0.1) is 12.7 Å². The number of nitrogens with one attached hydrogen (secondary N) is 2. The molecule has 28 heavy (non-hydrogen) atoms. The lowest BCUT2D eigenvalue weighted by molar-refractivity contribution is 0.0943. The summed E-state index contributed by atoms with van der Waals surface area (Å²) in [7, 11) is 0. The van der Waals surface area contributed by atoms with Gasteiger partial charge in [0.2, 0.25) is 5.82 Å². The highest BCUT2D eigenvalue weighted by atomic mass is 19.1. The fourth-order valence-corrected chi connectivity index (χ4v) is 2.97. The van der Waals surface area contributed by atoms with Gasteiger partial charge in [-0.3, -0.25) is 4.79 Å². The first kappa shape index (κ1) is 17.8. The number of para-hydroxylation sites is 2. The molecule has 2 aromatic heterocycles. The van der Waals surface area contributed by atoms with E-state index in [2.05, 4.69) is 25.4 Å². The Morgan fingerprint density at radius 1 is 1.14 bits per heavy atom. The summed E-state index contributed by atoms with van der Waals surface area (Å²) in [6.45, 7) is 2.23. The van der Waals surface area contributed by atoms with Gasteiger partial charge in [-0.15, -0.1) is 5.10 Å². The number of H-pyrrole nitrogens is 1. The summed E-state index contributed by atoms with van der Waals surface area (Å²) in [5, 5.41) is 7.05. The maximum atomic E-state index is 13.1. The van der Waals surface area contributed by atoms with Crippen molar-refractivity contribution in [2.45, 2.75) is 19.8 Å². The predicted molar refractivity (Wildman–Crippen MR) is 103 cm³/mol. The Morgan fingerprint density at radius 3 is 2.71 bits per heavy atom. The number of carbonyl (C=O) groups excluding carboxylic acids is 1. The second-order valence-electron chi connectivity index (χ2n) is 6.43. The van der Waals surface area contributed by atoms with Gasteiger partial charge in [-0.25, -0.2) is 19.0 Å². The van der Waals surface area contributed by atoms with Crippen molar-refractivity contribution >= 4 is 16.9 Å². The second kappa shape index (κ2) is 7.59. The van der Waals surface area contributed by atoms with E-state index in [-0.39, 0.29) is 17.5 Å². The number of aryl methyl sites for hydroxylation is 2. The summed E-state index contributed by atoms with van der Waals surface area (Å²) in [5.74, 6) is 0.868. The van der Waals surface area contributed by atoms with Gasteiger partial charge in [-0.2, -0.15) is 0 Å². The van der Waals surface area contributed by atoms with E-state index in [1.807, 2.05) is 24.3 Å². The molecule has 0 bridgehead atoms. The molecule has 1 amide bonds. The molecule has 0 fully saturated rings. The van der Waals surface area contributed by atoms with E-state index < -0.39 is 0 Å². The molecule has 0 atom stereocenters. The van der Waals surface area contributed by atoms with Gasteiger partial charge >= 0.3 is 0 Å². The monoisotopic (exact) mass is 378 g/mol. The standard InChI is InChI=1S/C20H19FN6O/c1-13-23-19(26-27(13)15-10-8-14(21)9-11-15)20(28)22-12-4-7-18-24-16-5-2-3-6-17(16)25-18/h2-3,5-6,8-11H,4,7,12H2,1H3,(H,22,28)(H,24,25). The zero-order valence-electron chi connectivity index (χ0n) is 15.3. The van der Waals surface area contributed by atoms with Crippen LogP contribution in [0.3, 0.4) is 0 Å². The van der Waals surface area contributed by atoms with Gasteiger partial charge in [0, 0.05) is 13.0 Å². The Hall–Kier alpha value is -3.55. The van der Waals surface area contributed by atoms with Crippen molar-refractivity contribution in [2.75, 3.05) is 6.54 Å². The number of nitrogens with zero attached hydrogens (tertiary/aromatic N) is 4. The van der Waals surface area contributed by atoms with Crippen LogP contribution in [0.1, 0.15) is 28.7 Å². The Balaban J connectivity index is 1.33. The Labute approximate surface area is 160 Å². The van der Waals surface area contributed by atoms with Crippen molar-refractivity contribution in [2.24, 2.45) is 0 Å². The third kappa shape index (κ3) is 3.75. The Morgan fingerprint density at radius 2 is 1.93 bits per heavy atom. The molecule has 0 spiro atoms. The third-order valence-corrected chi connectivity index (χ3v) is 4.36. The lowest BCUT2D eigenvalue weighted by atomic mass is 10.3. The van der Waals surface area contributed by atoms with Gasteiger partial charge in [0.05, 0.1) is 16.7 Å². The van der Waals surface area contributed by atoms with E-state index in [0.717, 1.165) is 29.7 Å². The van der Waals surface area contributed by atoms with Crippen LogP contribution in [0.4, 0.5) is 4.39 Å². The summed E-state index contributed by atoms with van der Waals surface area (Å²) >= 11 is 0. The van der Waals surface area contributed by atoms with Crippen LogP contribution < -0.4 is 5.32 Å². The number of carbonyl (C=O) groups is 1. The average Bonchev–Trinajstić information content (AvgIpc) is 3.29. The zero-order chi connectivity index (χ0) is 19.5. The zero-order valence-corrected chi connectivity index (χ0v) is 15.3. The first-order chi connectivity index (χ1) is 13.6. The second-order valence-corrected chi connectivity index (χ2v) is 6.43. The smallest absolute Gasteiger partial charge is 0.290 e. The van der Waals surface area contributed by atoms with Gasteiger partial charge in [0.25, 0.3) is 5.91 Å². The summed E-state index contributed by atoms with van der Waals surface area (Å²) in [5.41, 5.74) is 2.59. The lowest BCUT2D eigenvalue weighted by Crippen LogP contribution is -2.26. The molecule has 4 rings (SSSR count). The van der Waals surface area contributed by atoms with Crippen LogP contribution in [-0.2, 0) is 6.42 Å². The summed E-state index contributed by atoms with van der Waals surface area (Å²) in [4.78, 5) is 24.3. The van der Waals surface area contributed by atoms with Crippen LogP contribution in [-0.4, -0.2) is 37.2 Å². The first-order valence-electron chi connectivity index (χ1n) is 9.01. The van der Waals surface area contributed by atoms with Crippen molar-refractivity contribution in [3.63, 3.8) is 0 Å². The molecule has 0 unspecified atom stereocenters. The molecule has 0 radical (unpaired) electrons. The van der Waals surface area contributed by atoms with Crippen molar-refractivity contribution in [1.82, 2.24) is 30.0 Å². The number of aromatic nitrogens is 5. The van der Waals surface area contributed by atoms with E-state index in [9.17, 15) is 9.18 Å². The van der Waals surface area contributed by atoms with E-state index in [1.165, 1.54) is 16.8 Å². The van der Waals surface area contributed by atoms with E-state index in [1.54, 1.807) is 19.1 Å². The van der Waals surface area contributed by atoms with Gasteiger partial charge in [-0.1, -0.05) is 12.1 Å². The molecule has 2 N–H and O–H groups in total. The molecule has 4 aromatic rings. The van der Waals surface area contributed by atoms with Crippen LogP contribution in [0.5, 0.6) is 0 Å². The van der Waals surface area contributed by atoms with Gasteiger partial charge < -0.3 is 10.3 Å². The molecule has 2 heterocycles. The SMILES string of the molecule is Cc1nc(C(=O)NCCCc2nc3ccccc3[nH]2)nn1-c1ccc(F)cc1. The molecule has 0 saturated heterocycles. The number of amides is 1. The van der Waals surface area contributed by atoms with Crippen molar-refractivity contribution in [3.8, 4) is 5.69 Å². The number of fused-ring (bicyclic) bond motifs is 1. The Kier molecular flexibility index (Phi) is 4.84. The van der Waals surface area contributed by atoms with Gasteiger partial charge in [0.15, 0.2) is 0 Å². The predicted octanol–water partition coefficient (Wildman–Crippen LogP) is 2.95. The van der Waals surface area contributed by atoms with Gasteiger partial charge in [0.1, 0.15) is 17.5 Å². The third-order valence-electron chi connectivity index (χ3n) is 4.36. The normalized spacial score (nSPS) is 11.1. The van der Waals surface area contributed by atoms with Crippen molar-refractivity contribution in [3.05, 3.63) is 71.8 Å². The number of benzene rings is 2. The summed E-state index contributed by atoms with van der Waals surface area (Å²) < 4.78 is 14.6. The molecular weight excluding hydrogens is 359 g/mol. The summed E-state index contributed by atoms with van der Waals surface area (Å²) in [6, 6.07) is 13.7. The maximum Gasteiger partial charge on any atom is 0.290 e. The fraction of sp³-hybridized carbons (Fsp3) is 0.200. The quantitative estimate of drug-likeness (QED) is 0.505. The van der Waals surface area contributed by atoms with Crippen LogP contribution in [0.15, 0.2) is 48.5 Å².